The number of hydrogen-bond donors (Lipinski definition) is 1. The second-order valence-electron chi connectivity index (χ2n) is 6.47. The van der Waals surface area contributed by atoms with Gasteiger partial charge in [0.05, 0.1) is 14.9 Å². The number of nitrogens with zero attached hydrogens (tertiary/aromatic N) is 1. The standard InChI is InChI=1S/C14H25BrN2O2S/c1-13(2)8-11(9-14(3,4)20(13,18)19)12(17-10-15)6-5-7-16/h5-6,11H,7-10,16H2,1-4H3/b6-5-,17-12+. The van der Waals surface area contributed by atoms with Gasteiger partial charge in [0, 0.05) is 18.2 Å². The van der Waals surface area contributed by atoms with Crippen LogP contribution in [0.5, 0.6) is 0 Å². The largest absolute Gasteiger partial charge is 0.327 e. The molecule has 0 saturated carbocycles. The van der Waals surface area contributed by atoms with E-state index >= 15 is 0 Å². The maximum atomic E-state index is 12.6. The van der Waals surface area contributed by atoms with Crippen LogP contribution in [0, 0.1) is 5.92 Å². The van der Waals surface area contributed by atoms with Crippen molar-refractivity contribution in [3.05, 3.63) is 12.2 Å². The van der Waals surface area contributed by atoms with Gasteiger partial charge in [0.1, 0.15) is 0 Å². The lowest BCUT2D eigenvalue weighted by Gasteiger charge is -2.44. The van der Waals surface area contributed by atoms with Crippen LogP contribution < -0.4 is 5.73 Å². The molecule has 0 aromatic rings. The number of halogens is 1. The van der Waals surface area contributed by atoms with Crippen LogP contribution in [0.2, 0.25) is 0 Å². The number of aliphatic imine (C=N–C) groups is 1. The highest BCUT2D eigenvalue weighted by molar-refractivity contribution is 9.09. The smallest absolute Gasteiger partial charge is 0.160 e. The first-order valence-corrected chi connectivity index (χ1v) is 9.40. The fourth-order valence-corrected chi connectivity index (χ4v) is 5.64. The third-order valence-corrected chi connectivity index (χ3v) is 7.51. The Morgan fingerprint density at radius 3 is 2.20 bits per heavy atom. The van der Waals surface area contributed by atoms with E-state index in [2.05, 4.69) is 20.9 Å². The summed E-state index contributed by atoms with van der Waals surface area (Å²) in [6.07, 6.45) is 4.99. The van der Waals surface area contributed by atoms with Crippen LogP contribution in [-0.2, 0) is 9.84 Å². The van der Waals surface area contributed by atoms with Crippen LogP contribution in [0.1, 0.15) is 40.5 Å². The van der Waals surface area contributed by atoms with Gasteiger partial charge in [-0.15, -0.1) is 0 Å². The van der Waals surface area contributed by atoms with Gasteiger partial charge >= 0.3 is 0 Å². The summed E-state index contributed by atoms with van der Waals surface area (Å²) in [5.74, 6) is 0.142. The normalized spacial score (nSPS) is 26.0. The second-order valence-corrected chi connectivity index (χ2v) is 10.2. The molecular weight excluding hydrogens is 340 g/mol. The van der Waals surface area contributed by atoms with Crippen molar-refractivity contribution in [3.63, 3.8) is 0 Å². The zero-order chi connectivity index (χ0) is 15.6. The Bertz CT molecular complexity index is 483. The average molecular weight is 365 g/mol. The van der Waals surface area contributed by atoms with E-state index in [1.54, 1.807) is 0 Å². The molecule has 20 heavy (non-hydrogen) atoms. The Morgan fingerprint density at radius 1 is 1.30 bits per heavy atom. The zero-order valence-electron chi connectivity index (χ0n) is 12.7. The van der Waals surface area contributed by atoms with Gasteiger partial charge in [0.25, 0.3) is 0 Å². The number of sulfone groups is 1. The van der Waals surface area contributed by atoms with Gasteiger partial charge in [-0.25, -0.2) is 8.42 Å². The summed E-state index contributed by atoms with van der Waals surface area (Å²) < 4.78 is 23.8. The van der Waals surface area contributed by atoms with E-state index in [1.165, 1.54) is 0 Å². The van der Waals surface area contributed by atoms with Gasteiger partial charge in [-0.2, -0.15) is 0 Å². The zero-order valence-corrected chi connectivity index (χ0v) is 15.1. The molecule has 1 aliphatic rings. The number of alkyl halides is 1. The van der Waals surface area contributed by atoms with Crippen molar-refractivity contribution in [1.82, 2.24) is 0 Å². The predicted octanol–water partition coefficient (Wildman–Crippen LogP) is 2.68. The Balaban J connectivity index is 3.17. The molecule has 4 nitrogen and oxygen atoms in total. The van der Waals surface area contributed by atoms with E-state index in [-0.39, 0.29) is 5.92 Å². The van der Waals surface area contributed by atoms with Crippen LogP contribution in [0.25, 0.3) is 0 Å². The van der Waals surface area contributed by atoms with E-state index < -0.39 is 19.3 Å². The fraction of sp³-hybridized carbons (Fsp3) is 0.786. The first-order valence-electron chi connectivity index (χ1n) is 6.80. The summed E-state index contributed by atoms with van der Waals surface area (Å²) >= 11 is 3.32. The summed E-state index contributed by atoms with van der Waals surface area (Å²) in [7, 11) is -3.16. The van der Waals surface area contributed by atoms with Gasteiger partial charge in [-0.3, -0.25) is 4.99 Å². The Kier molecular flexibility index (Phi) is 5.60. The Hall–Kier alpha value is -0.200. The van der Waals surface area contributed by atoms with Gasteiger partial charge in [0.2, 0.25) is 0 Å². The van der Waals surface area contributed by atoms with Crippen LogP contribution in [0.4, 0.5) is 0 Å². The molecule has 0 amide bonds. The lowest BCUT2D eigenvalue weighted by atomic mass is 9.84. The molecule has 1 saturated heterocycles. The third-order valence-electron chi connectivity index (χ3n) is 4.02. The molecule has 1 heterocycles. The number of nitrogens with two attached hydrogens (primary N) is 1. The second kappa shape index (κ2) is 6.28. The first-order chi connectivity index (χ1) is 9.09. The minimum Gasteiger partial charge on any atom is -0.327 e. The lowest BCUT2D eigenvalue weighted by Crippen LogP contribution is -2.53. The maximum absolute atomic E-state index is 12.6. The molecular formula is C14H25BrN2O2S. The number of hydrogen-bond acceptors (Lipinski definition) is 4. The van der Waals surface area contributed by atoms with Crippen LogP contribution in [0.15, 0.2) is 17.1 Å². The SMILES string of the molecule is CC1(C)CC(C(/C=C\CN)=N/CBr)CC(C)(C)S1(=O)=O. The molecule has 1 aliphatic heterocycles. The monoisotopic (exact) mass is 364 g/mol. The predicted molar refractivity (Wildman–Crippen MR) is 89.2 cm³/mol. The minimum absolute atomic E-state index is 0.142. The van der Waals surface area contributed by atoms with Crippen molar-refractivity contribution in [2.24, 2.45) is 16.6 Å². The summed E-state index contributed by atoms with van der Waals surface area (Å²) in [5, 5.41) is 0. The van der Waals surface area contributed by atoms with Crippen molar-refractivity contribution in [2.75, 3.05) is 12.0 Å². The van der Waals surface area contributed by atoms with E-state index in [4.69, 9.17) is 5.73 Å². The van der Waals surface area contributed by atoms with Crippen molar-refractivity contribution in [1.29, 1.82) is 0 Å². The fourth-order valence-electron chi connectivity index (χ4n) is 3.01. The molecule has 2 N–H and O–H groups in total. The van der Waals surface area contributed by atoms with E-state index in [1.807, 2.05) is 39.8 Å². The van der Waals surface area contributed by atoms with E-state index in [0.29, 0.717) is 24.8 Å². The van der Waals surface area contributed by atoms with Crippen LogP contribution >= 0.6 is 15.9 Å². The van der Waals surface area contributed by atoms with Crippen LogP contribution in [-0.4, -0.2) is 35.6 Å². The first kappa shape index (κ1) is 17.9. The van der Waals surface area contributed by atoms with Crippen molar-refractivity contribution < 1.29 is 8.42 Å². The molecule has 0 aromatic carbocycles. The Morgan fingerprint density at radius 2 is 1.80 bits per heavy atom. The van der Waals surface area contributed by atoms with Gasteiger partial charge in [-0.1, -0.05) is 22.0 Å². The highest BCUT2D eigenvalue weighted by Crippen LogP contribution is 2.44. The molecule has 0 unspecified atom stereocenters. The van der Waals surface area contributed by atoms with E-state index in [9.17, 15) is 8.42 Å². The van der Waals surface area contributed by atoms with Gasteiger partial charge < -0.3 is 5.73 Å². The maximum Gasteiger partial charge on any atom is 0.160 e. The summed E-state index contributed by atoms with van der Waals surface area (Å²) in [6, 6.07) is 0. The summed E-state index contributed by atoms with van der Waals surface area (Å²) in [4.78, 5) is 4.46. The molecule has 0 bridgehead atoms. The van der Waals surface area contributed by atoms with Crippen LogP contribution in [0.3, 0.4) is 0 Å². The van der Waals surface area contributed by atoms with Gasteiger partial charge in [0.15, 0.2) is 9.84 Å². The topological polar surface area (TPSA) is 72.5 Å². The Labute approximate surface area is 131 Å². The highest BCUT2D eigenvalue weighted by atomic mass is 79.9. The minimum atomic E-state index is -3.16. The molecule has 6 heteroatoms. The molecule has 0 radical (unpaired) electrons. The third kappa shape index (κ3) is 3.34. The summed E-state index contributed by atoms with van der Waals surface area (Å²) in [5.41, 5.74) is 6.95. The molecule has 0 atom stereocenters. The van der Waals surface area contributed by atoms with Crippen molar-refractivity contribution in [2.45, 2.75) is 50.0 Å². The highest BCUT2D eigenvalue weighted by Gasteiger charge is 2.52. The molecule has 0 spiro atoms. The van der Waals surface area contributed by atoms with Gasteiger partial charge in [-0.05, 0) is 46.6 Å². The number of allylic oxidation sites excluding steroid dienone is 1. The van der Waals surface area contributed by atoms with Crippen molar-refractivity contribution in [3.8, 4) is 0 Å². The molecule has 1 fully saturated rings. The summed E-state index contributed by atoms with van der Waals surface area (Å²) in [6.45, 7) is 7.71. The number of rotatable bonds is 4. The quantitative estimate of drug-likeness (QED) is 0.473. The molecule has 116 valence electrons. The molecule has 1 rings (SSSR count). The van der Waals surface area contributed by atoms with E-state index in [0.717, 1.165) is 5.71 Å². The molecule has 0 aliphatic carbocycles. The van der Waals surface area contributed by atoms with Crippen molar-refractivity contribution >= 4 is 31.5 Å². The lowest BCUT2D eigenvalue weighted by molar-refractivity contribution is 0.374. The molecule has 0 aromatic heterocycles. The average Bonchev–Trinajstić information content (AvgIpc) is 2.31.